The van der Waals surface area contributed by atoms with Crippen molar-refractivity contribution in [1.29, 1.82) is 0 Å². The molecule has 2 rings (SSSR count). The Bertz CT molecular complexity index is 292. The summed E-state index contributed by atoms with van der Waals surface area (Å²) in [6.45, 7) is 1.93. The summed E-state index contributed by atoms with van der Waals surface area (Å²) in [4.78, 5) is 11.5. The molecule has 0 aromatic carbocycles. The molecule has 0 unspecified atom stereocenters. The third kappa shape index (κ3) is 2.09. The summed E-state index contributed by atoms with van der Waals surface area (Å²) >= 11 is 0. The maximum absolute atomic E-state index is 11.5. The van der Waals surface area contributed by atoms with Crippen LogP contribution in [0.1, 0.15) is 0 Å². The fourth-order valence-corrected chi connectivity index (χ4v) is 1.28. The first-order chi connectivity index (χ1) is 6.86. The number of anilines is 1. The van der Waals surface area contributed by atoms with Gasteiger partial charge >= 0.3 is 0 Å². The molecule has 3 N–H and O–H groups in total. The monoisotopic (exact) mass is 196 g/mol. The van der Waals surface area contributed by atoms with Crippen LogP contribution in [0, 0.1) is 0 Å². The summed E-state index contributed by atoms with van der Waals surface area (Å²) in [6.07, 6.45) is 2.76. The van der Waals surface area contributed by atoms with Gasteiger partial charge in [-0.15, -0.1) is 0 Å². The molecule has 1 amide bonds. The molecule has 0 bridgehead atoms. The van der Waals surface area contributed by atoms with Gasteiger partial charge in [0.1, 0.15) is 6.10 Å². The van der Waals surface area contributed by atoms with Crippen LogP contribution in [0.4, 0.5) is 5.69 Å². The van der Waals surface area contributed by atoms with Crippen molar-refractivity contribution in [1.82, 2.24) is 15.5 Å². The first-order valence-corrected chi connectivity index (χ1v) is 4.48. The van der Waals surface area contributed by atoms with Crippen molar-refractivity contribution in [2.45, 2.75) is 6.10 Å². The normalized spacial score (nSPS) is 21.9. The number of H-pyrrole nitrogens is 1. The molecule has 1 saturated heterocycles. The molecule has 6 nitrogen and oxygen atoms in total. The van der Waals surface area contributed by atoms with Gasteiger partial charge in [-0.1, -0.05) is 0 Å². The molecule has 6 heteroatoms. The van der Waals surface area contributed by atoms with E-state index in [0.717, 1.165) is 6.54 Å². The minimum atomic E-state index is -0.404. The van der Waals surface area contributed by atoms with Crippen LogP contribution in [0.3, 0.4) is 0 Å². The number of morpholine rings is 1. The van der Waals surface area contributed by atoms with Crippen LogP contribution in [-0.2, 0) is 9.53 Å². The Morgan fingerprint density at radius 2 is 2.64 bits per heavy atom. The third-order valence-electron chi connectivity index (χ3n) is 1.99. The number of ether oxygens (including phenoxy) is 1. The molecule has 0 spiro atoms. The number of nitrogens with one attached hydrogen (secondary N) is 3. The van der Waals surface area contributed by atoms with Crippen LogP contribution in [0.2, 0.25) is 0 Å². The molecule has 1 aliphatic heterocycles. The lowest BCUT2D eigenvalue weighted by atomic mass is 10.3. The van der Waals surface area contributed by atoms with E-state index in [4.69, 9.17) is 4.74 Å². The van der Waals surface area contributed by atoms with Gasteiger partial charge in [-0.25, -0.2) is 0 Å². The molecule has 1 aromatic rings. The van der Waals surface area contributed by atoms with Crippen molar-refractivity contribution < 1.29 is 9.53 Å². The predicted molar refractivity (Wildman–Crippen MR) is 49.8 cm³/mol. The SMILES string of the molecule is O=C(Nc1cn[nH]c1)[C@@H]1CNCCO1. The lowest BCUT2D eigenvalue weighted by molar-refractivity contribution is -0.128. The number of nitrogens with zero attached hydrogens (tertiary/aromatic N) is 1. The van der Waals surface area contributed by atoms with Crippen LogP contribution in [0.25, 0.3) is 0 Å². The first kappa shape index (κ1) is 9.17. The molecule has 1 atom stereocenters. The van der Waals surface area contributed by atoms with Crippen molar-refractivity contribution in [3.05, 3.63) is 12.4 Å². The van der Waals surface area contributed by atoms with E-state index in [1.165, 1.54) is 0 Å². The van der Waals surface area contributed by atoms with Crippen LogP contribution >= 0.6 is 0 Å². The Hall–Kier alpha value is -1.40. The largest absolute Gasteiger partial charge is 0.366 e. The lowest BCUT2D eigenvalue weighted by Crippen LogP contribution is -2.45. The van der Waals surface area contributed by atoms with Crippen LogP contribution in [0.15, 0.2) is 12.4 Å². The van der Waals surface area contributed by atoms with E-state index < -0.39 is 6.10 Å². The first-order valence-electron chi connectivity index (χ1n) is 4.48. The van der Waals surface area contributed by atoms with Crippen LogP contribution in [0.5, 0.6) is 0 Å². The highest BCUT2D eigenvalue weighted by molar-refractivity contribution is 5.94. The van der Waals surface area contributed by atoms with E-state index in [1.807, 2.05) is 0 Å². The Morgan fingerprint density at radius 3 is 3.29 bits per heavy atom. The highest BCUT2D eigenvalue weighted by Crippen LogP contribution is 2.04. The summed E-state index contributed by atoms with van der Waals surface area (Å²) in [5.74, 6) is -0.140. The van der Waals surface area contributed by atoms with E-state index in [2.05, 4.69) is 20.8 Å². The number of aromatic nitrogens is 2. The Balaban J connectivity index is 1.88. The van der Waals surface area contributed by atoms with Crippen molar-refractivity contribution in [3.8, 4) is 0 Å². The summed E-state index contributed by atoms with van der Waals surface area (Å²) < 4.78 is 5.28. The minimum Gasteiger partial charge on any atom is -0.366 e. The van der Waals surface area contributed by atoms with Crippen molar-refractivity contribution in [2.75, 3.05) is 25.0 Å². The standard InChI is InChI=1S/C8H12N4O2/c13-8(7-5-9-1-2-14-7)12-6-3-10-11-4-6/h3-4,7,9H,1-2,5H2,(H,10,11)(H,12,13)/t7-/m0/s1. The zero-order valence-electron chi connectivity index (χ0n) is 7.62. The Kier molecular flexibility index (Phi) is 2.76. The topological polar surface area (TPSA) is 79.0 Å². The predicted octanol–water partition coefficient (Wildman–Crippen LogP) is -0.663. The number of hydrogen-bond acceptors (Lipinski definition) is 4. The summed E-state index contributed by atoms with van der Waals surface area (Å²) in [7, 11) is 0. The molecule has 0 saturated carbocycles. The summed E-state index contributed by atoms with van der Waals surface area (Å²) in [6, 6.07) is 0. The molecular weight excluding hydrogens is 184 g/mol. The van der Waals surface area contributed by atoms with Gasteiger partial charge in [-0.05, 0) is 0 Å². The highest BCUT2D eigenvalue weighted by atomic mass is 16.5. The maximum Gasteiger partial charge on any atom is 0.254 e. The number of carbonyl (C=O) groups excluding carboxylic acids is 1. The van der Waals surface area contributed by atoms with E-state index in [9.17, 15) is 4.79 Å². The fraction of sp³-hybridized carbons (Fsp3) is 0.500. The molecule has 1 aromatic heterocycles. The molecule has 1 aliphatic rings. The number of amides is 1. The second-order valence-electron chi connectivity index (χ2n) is 3.04. The van der Waals surface area contributed by atoms with Gasteiger partial charge in [0.2, 0.25) is 0 Å². The van der Waals surface area contributed by atoms with E-state index >= 15 is 0 Å². The summed E-state index contributed by atoms with van der Waals surface area (Å²) in [5, 5.41) is 12.1. The second-order valence-corrected chi connectivity index (χ2v) is 3.04. The van der Waals surface area contributed by atoms with Crippen LogP contribution in [-0.4, -0.2) is 41.9 Å². The number of hydrogen-bond donors (Lipinski definition) is 3. The molecule has 14 heavy (non-hydrogen) atoms. The minimum absolute atomic E-state index is 0.140. The Morgan fingerprint density at radius 1 is 1.71 bits per heavy atom. The van der Waals surface area contributed by atoms with Gasteiger partial charge in [-0.2, -0.15) is 5.10 Å². The molecule has 0 aliphatic carbocycles. The van der Waals surface area contributed by atoms with Crippen molar-refractivity contribution in [2.24, 2.45) is 0 Å². The Labute approximate surface area is 81.0 Å². The molecule has 1 fully saturated rings. The number of rotatable bonds is 2. The average Bonchev–Trinajstić information content (AvgIpc) is 2.72. The van der Waals surface area contributed by atoms with Crippen molar-refractivity contribution >= 4 is 11.6 Å². The van der Waals surface area contributed by atoms with Gasteiger partial charge in [0.25, 0.3) is 5.91 Å². The van der Waals surface area contributed by atoms with E-state index in [-0.39, 0.29) is 5.91 Å². The number of aromatic amines is 1. The maximum atomic E-state index is 11.5. The van der Waals surface area contributed by atoms with Gasteiger partial charge < -0.3 is 15.4 Å². The zero-order valence-corrected chi connectivity index (χ0v) is 7.62. The smallest absolute Gasteiger partial charge is 0.254 e. The molecule has 76 valence electrons. The van der Waals surface area contributed by atoms with E-state index in [0.29, 0.717) is 18.8 Å². The number of carbonyl (C=O) groups is 1. The highest BCUT2D eigenvalue weighted by Gasteiger charge is 2.21. The zero-order chi connectivity index (χ0) is 9.80. The molecule has 0 radical (unpaired) electrons. The van der Waals surface area contributed by atoms with Crippen LogP contribution < -0.4 is 10.6 Å². The molecule has 2 heterocycles. The third-order valence-corrected chi connectivity index (χ3v) is 1.99. The van der Waals surface area contributed by atoms with Gasteiger partial charge in [0, 0.05) is 19.3 Å². The fourth-order valence-electron chi connectivity index (χ4n) is 1.28. The second kappa shape index (κ2) is 4.21. The van der Waals surface area contributed by atoms with Gasteiger partial charge in [0.15, 0.2) is 0 Å². The lowest BCUT2D eigenvalue weighted by Gasteiger charge is -2.22. The molecular formula is C8H12N4O2. The van der Waals surface area contributed by atoms with Crippen molar-refractivity contribution in [3.63, 3.8) is 0 Å². The quantitative estimate of drug-likeness (QED) is 0.586. The average molecular weight is 196 g/mol. The van der Waals surface area contributed by atoms with Gasteiger partial charge in [-0.3, -0.25) is 9.89 Å². The summed E-state index contributed by atoms with van der Waals surface area (Å²) in [5.41, 5.74) is 0.657. The van der Waals surface area contributed by atoms with E-state index in [1.54, 1.807) is 12.4 Å². The van der Waals surface area contributed by atoms with Gasteiger partial charge in [0.05, 0.1) is 18.5 Å².